The molecule has 21 heavy (non-hydrogen) atoms. The Morgan fingerprint density at radius 3 is 2.48 bits per heavy atom. The minimum atomic E-state index is -4.12. The topological polar surface area (TPSA) is 99.4 Å². The maximum absolute atomic E-state index is 11.3. The molecule has 1 aromatic carbocycles. The van der Waals surface area contributed by atoms with Crippen molar-refractivity contribution in [1.82, 2.24) is 4.98 Å². The van der Waals surface area contributed by atoms with Gasteiger partial charge in [-0.05, 0) is 10.5 Å². The molecule has 0 unspecified atom stereocenters. The molecule has 110 valence electrons. The summed E-state index contributed by atoms with van der Waals surface area (Å²) in [6.07, 6.45) is 0. The van der Waals surface area contributed by atoms with E-state index in [1.807, 2.05) is 6.07 Å². The molecular weight excluding hydrogens is 320 g/mol. The summed E-state index contributed by atoms with van der Waals surface area (Å²) < 4.78 is 27.9. The highest BCUT2D eigenvalue weighted by atomic mass is 35.7. The van der Waals surface area contributed by atoms with Crippen molar-refractivity contribution in [1.29, 1.82) is 0 Å². The van der Waals surface area contributed by atoms with Gasteiger partial charge in [-0.15, -0.1) is 0 Å². The first-order valence-corrected chi connectivity index (χ1v) is 7.95. The van der Waals surface area contributed by atoms with E-state index < -0.39 is 24.7 Å². The van der Waals surface area contributed by atoms with Crippen molar-refractivity contribution in [3.8, 4) is 5.88 Å². The molecule has 0 saturated heterocycles. The van der Waals surface area contributed by atoms with Crippen LogP contribution in [0.3, 0.4) is 0 Å². The van der Waals surface area contributed by atoms with E-state index in [9.17, 15) is 18.5 Å². The molecule has 0 amide bonds. The van der Waals surface area contributed by atoms with Gasteiger partial charge in [-0.25, -0.2) is 8.42 Å². The van der Waals surface area contributed by atoms with Gasteiger partial charge in [0, 0.05) is 21.7 Å². The lowest BCUT2D eigenvalue weighted by Gasteiger charge is -2.04. The zero-order chi connectivity index (χ0) is 15.5. The molecular formula is C12H9ClN2O5S. The molecule has 7 nitrogen and oxygen atoms in total. The van der Waals surface area contributed by atoms with E-state index in [1.54, 1.807) is 24.3 Å². The van der Waals surface area contributed by atoms with Crippen LogP contribution < -0.4 is 4.74 Å². The second-order valence-electron chi connectivity index (χ2n) is 3.97. The summed E-state index contributed by atoms with van der Waals surface area (Å²) in [6.45, 7) is 0.0940. The Bertz CT molecular complexity index is 764. The van der Waals surface area contributed by atoms with Crippen LogP contribution in [0, 0.1) is 10.1 Å². The van der Waals surface area contributed by atoms with E-state index in [4.69, 9.17) is 15.4 Å². The molecule has 0 saturated carbocycles. The number of pyridine rings is 1. The van der Waals surface area contributed by atoms with Crippen molar-refractivity contribution in [3.05, 3.63) is 58.1 Å². The fourth-order valence-electron chi connectivity index (χ4n) is 1.51. The normalized spacial score (nSPS) is 11.1. The molecule has 0 N–H and O–H groups in total. The number of nitrogens with zero attached hydrogens (tertiary/aromatic N) is 2. The van der Waals surface area contributed by atoms with Crippen molar-refractivity contribution >= 4 is 25.6 Å². The van der Waals surface area contributed by atoms with Crippen LogP contribution in [0.4, 0.5) is 5.82 Å². The van der Waals surface area contributed by atoms with Gasteiger partial charge in [0.05, 0.1) is 11.0 Å². The number of rotatable bonds is 5. The minimum absolute atomic E-state index is 0.0940. The Balaban J connectivity index is 2.30. The highest BCUT2D eigenvalue weighted by Gasteiger charge is 2.21. The third-order valence-electron chi connectivity index (χ3n) is 2.46. The maximum atomic E-state index is 11.3. The zero-order valence-corrected chi connectivity index (χ0v) is 12.0. The van der Waals surface area contributed by atoms with Crippen molar-refractivity contribution in [3.63, 3.8) is 0 Å². The maximum Gasteiger partial charge on any atom is 0.369 e. The number of nitro groups is 1. The van der Waals surface area contributed by atoms with Gasteiger partial charge in [0.15, 0.2) is 0 Å². The van der Waals surface area contributed by atoms with Gasteiger partial charge >= 0.3 is 11.7 Å². The van der Waals surface area contributed by atoms with Gasteiger partial charge in [0.1, 0.15) is 6.61 Å². The van der Waals surface area contributed by atoms with Gasteiger partial charge in [0.2, 0.25) is 0 Å². The third-order valence-corrected chi connectivity index (χ3v) is 3.79. The standard InChI is InChI=1S/C12H9ClN2O5S/c13-21(18,19)10-6-11(15(16)17)14-12(7-10)20-8-9-4-2-1-3-5-9/h1-7H,8H2. The van der Waals surface area contributed by atoms with Crippen LogP contribution in [0.2, 0.25) is 0 Å². The number of hydrogen-bond acceptors (Lipinski definition) is 6. The summed E-state index contributed by atoms with van der Waals surface area (Å²) in [4.78, 5) is 13.1. The number of ether oxygens (including phenoxy) is 1. The Morgan fingerprint density at radius 1 is 1.24 bits per heavy atom. The van der Waals surface area contributed by atoms with Gasteiger partial charge in [-0.2, -0.15) is 0 Å². The van der Waals surface area contributed by atoms with Crippen molar-refractivity contribution in [2.45, 2.75) is 11.5 Å². The van der Waals surface area contributed by atoms with E-state index in [0.29, 0.717) is 0 Å². The van der Waals surface area contributed by atoms with Crippen LogP contribution in [0.5, 0.6) is 5.88 Å². The lowest BCUT2D eigenvalue weighted by atomic mass is 10.2. The molecule has 1 heterocycles. The van der Waals surface area contributed by atoms with Crippen molar-refractivity contribution < 1.29 is 18.1 Å². The third kappa shape index (κ3) is 4.14. The first kappa shape index (κ1) is 15.2. The van der Waals surface area contributed by atoms with E-state index >= 15 is 0 Å². The van der Waals surface area contributed by atoms with Crippen LogP contribution in [0.1, 0.15) is 5.56 Å². The lowest BCUT2D eigenvalue weighted by Crippen LogP contribution is -2.02. The molecule has 0 aliphatic rings. The molecule has 0 atom stereocenters. The Kier molecular flexibility index (Phi) is 4.39. The molecule has 9 heteroatoms. The average Bonchev–Trinajstić information content (AvgIpc) is 2.45. The largest absolute Gasteiger partial charge is 0.455 e. The van der Waals surface area contributed by atoms with Crippen molar-refractivity contribution in [2.24, 2.45) is 0 Å². The average molecular weight is 329 g/mol. The number of halogens is 1. The molecule has 2 rings (SSSR count). The monoisotopic (exact) mass is 328 g/mol. The first-order chi connectivity index (χ1) is 9.86. The highest BCUT2D eigenvalue weighted by molar-refractivity contribution is 8.13. The Morgan fingerprint density at radius 2 is 1.90 bits per heavy atom. The van der Waals surface area contributed by atoms with Crippen LogP contribution in [0.15, 0.2) is 47.4 Å². The molecule has 0 bridgehead atoms. The lowest BCUT2D eigenvalue weighted by molar-refractivity contribution is -0.389. The first-order valence-electron chi connectivity index (χ1n) is 5.64. The van der Waals surface area contributed by atoms with Gasteiger partial charge in [0.25, 0.3) is 9.05 Å². The van der Waals surface area contributed by atoms with E-state index in [-0.39, 0.29) is 12.5 Å². The summed E-state index contributed by atoms with van der Waals surface area (Å²) in [6, 6.07) is 10.8. The fourth-order valence-corrected chi connectivity index (χ4v) is 2.26. The second kappa shape index (κ2) is 6.06. The highest BCUT2D eigenvalue weighted by Crippen LogP contribution is 2.24. The van der Waals surface area contributed by atoms with Crippen LogP contribution in [-0.4, -0.2) is 18.3 Å². The summed E-state index contributed by atoms with van der Waals surface area (Å²) in [7, 11) is 1.07. The molecule has 0 aliphatic heterocycles. The van der Waals surface area contributed by atoms with Crippen LogP contribution in [0.25, 0.3) is 0 Å². The number of hydrogen-bond donors (Lipinski definition) is 0. The summed E-state index contributed by atoms with van der Waals surface area (Å²) in [5, 5.41) is 10.8. The van der Waals surface area contributed by atoms with Gasteiger partial charge in [-0.1, -0.05) is 30.3 Å². The Labute approximate surface area is 124 Å². The summed E-state index contributed by atoms with van der Waals surface area (Å²) in [5.74, 6) is -0.841. The summed E-state index contributed by atoms with van der Waals surface area (Å²) in [5.41, 5.74) is 0.807. The molecule has 0 spiro atoms. The molecule has 2 aromatic rings. The minimum Gasteiger partial charge on any atom is -0.455 e. The Hall–Kier alpha value is -2.19. The van der Waals surface area contributed by atoms with Crippen LogP contribution >= 0.6 is 10.7 Å². The summed E-state index contributed by atoms with van der Waals surface area (Å²) >= 11 is 0. The molecule has 0 aliphatic carbocycles. The van der Waals surface area contributed by atoms with Gasteiger partial charge < -0.3 is 14.9 Å². The predicted molar refractivity (Wildman–Crippen MR) is 74.7 cm³/mol. The molecule has 0 radical (unpaired) electrons. The molecule has 1 aromatic heterocycles. The fraction of sp³-hybridized carbons (Fsp3) is 0.0833. The SMILES string of the molecule is O=[N+]([O-])c1cc(S(=O)(=O)Cl)cc(OCc2ccccc2)n1. The number of aromatic nitrogens is 1. The zero-order valence-electron chi connectivity index (χ0n) is 10.5. The van der Waals surface area contributed by atoms with Crippen molar-refractivity contribution in [2.75, 3.05) is 0 Å². The smallest absolute Gasteiger partial charge is 0.369 e. The van der Waals surface area contributed by atoms with E-state index in [2.05, 4.69) is 4.98 Å². The van der Waals surface area contributed by atoms with E-state index in [0.717, 1.165) is 17.7 Å². The molecule has 0 fully saturated rings. The predicted octanol–water partition coefficient (Wildman–Crippen LogP) is 2.50. The van der Waals surface area contributed by atoms with Gasteiger partial charge in [-0.3, -0.25) is 0 Å². The van der Waals surface area contributed by atoms with Crippen LogP contribution in [-0.2, 0) is 15.7 Å². The second-order valence-corrected chi connectivity index (χ2v) is 6.53. The number of benzene rings is 1. The van der Waals surface area contributed by atoms with E-state index in [1.165, 1.54) is 0 Å². The quantitative estimate of drug-likeness (QED) is 0.475.